The van der Waals surface area contributed by atoms with E-state index in [4.69, 9.17) is 0 Å². The van der Waals surface area contributed by atoms with Crippen molar-refractivity contribution in [2.75, 3.05) is 6.54 Å². The van der Waals surface area contributed by atoms with Gasteiger partial charge in [0.15, 0.2) is 0 Å². The number of ketones is 1. The third kappa shape index (κ3) is 4.56. The summed E-state index contributed by atoms with van der Waals surface area (Å²) in [7, 11) is 0. The van der Waals surface area contributed by atoms with Gasteiger partial charge in [0.2, 0.25) is 11.7 Å². The second-order valence-electron chi connectivity index (χ2n) is 6.98. The Morgan fingerprint density at radius 1 is 1.12 bits per heavy atom. The van der Waals surface area contributed by atoms with Crippen molar-refractivity contribution in [3.05, 3.63) is 36.2 Å². The molecule has 2 fully saturated rings. The molecule has 1 atom stereocenters. The van der Waals surface area contributed by atoms with Crippen LogP contribution in [0.4, 0.5) is 0 Å². The minimum Gasteiger partial charge on any atom is -0.347 e. The number of nitrogens with one attached hydrogen (secondary N) is 1. The number of likely N-dealkylation sites (tertiary alicyclic amines) is 1. The monoisotopic (exact) mass is 355 g/mol. The number of carbonyl (C=O) groups excluding carboxylic acids is 3. The van der Waals surface area contributed by atoms with Crippen LogP contribution in [0.3, 0.4) is 0 Å². The number of amides is 2. The Morgan fingerprint density at radius 3 is 2.65 bits per heavy atom. The summed E-state index contributed by atoms with van der Waals surface area (Å²) in [5.74, 6) is -1.27. The van der Waals surface area contributed by atoms with Crippen molar-refractivity contribution in [3.8, 4) is 0 Å². The number of nitrogens with zero attached hydrogens (tertiary/aromatic N) is 2. The topological polar surface area (TPSA) is 79.4 Å². The summed E-state index contributed by atoms with van der Waals surface area (Å²) < 4.78 is 0. The van der Waals surface area contributed by atoms with Gasteiger partial charge in [0.05, 0.1) is 0 Å². The van der Waals surface area contributed by atoms with E-state index < -0.39 is 17.7 Å². The molecule has 2 heterocycles. The Labute approximate surface area is 153 Å². The lowest BCUT2D eigenvalue weighted by Crippen LogP contribution is -2.49. The number of pyridine rings is 1. The molecule has 3 rings (SSSR count). The predicted octanol–water partition coefficient (Wildman–Crippen LogP) is 2.10. The Hall–Kier alpha value is -2.50. The molecule has 6 nitrogen and oxygen atoms in total. The smallest absolute Gasteiger partial charge is 0.289 e. The molecule has 1 aliphatic heterocycles. The van der Waals surface area contributed by atoms with Crippen LogP contribution in [0.2, 0.25) is 0 Å². The van der Waals surface area contributed by atoms with Crippen LogP contribution in [0.1, 0.15) is 50.5 Å². The van der Waals surface area contributed by atoms with Crippen LogP contribution >= 0.6 is 0 Å². The van der Waals surface area contributed by atoms with Gasteiger partial charge in [0.1, 0.15) is 6.04 Å². The van der Waals surface area contributed by atoms with Gasteiger partial charge in [-0.25, -0.2) is 0 Å². The van der Waals surface area contributed by atoms with E-state index in [0.717, 1.165) is 37.7 Å². The first kappa shape index (κ1) is 18.3. The van der Waals surface area contributed by atoms with Crippen LogP contribution < -0.4 is 5.32 Å². The van der Waals surface area contributed by atoms with Crippen LogP contribution in [0, 0.1) is 0 Å². The third-order valence-electron chi connectivity index (χ3n) is 5.11. The van der Waals surface area contributed by atoms with Gasteiger partial charge in [-0.2, -0.15) is 0 Å². The number of aromatic nitrogens is 1. The molecule has 1 unspecified atom stereocenters. The molecule has 2 amide bonds. The molecule has 26 heavy (non-hydrogen) atoms. The SMILES string of the molecule is O=C(NC1CCCCC1)C(=O)C1CCCN1C(=O)C=Cc1cccnc1. The summed E-state index contributed by atoms with van der Waals surface area (Å²) in [6.07, 6.45) is 13.0. The van der Waals surface area contributed by atoms with Crippen LogP contribution in [-0.2, 0) is 14.4 Å². The van der Waals surface area contributed by atoms with E-state index >= 15 is 0 Å². The number of hydrogen-bond donors (Lipinski definition) is 1. The molecule has 0 bridgehead atoms. The summed E-state index contributed by atoms with van der Waals surface area (Å²) in [5.41, 5.74) is 0.818. The lowest BCUT2D eigenvalue weighted by atomic mass is 9.95. The zero-order valence-corrected chi connectivity index (χ0v) is 14.9. The minimum atomic E-state index is -0.648. The lowest BCUT2D eigenvalue weighted by molar-refractivity contribution is -0.143. The first-order chi connectivity index (χ1) is 12.6. The van der Waals surface area contributed by atoms with Gasteiger partial charge in [-0.15, -0.1) is 0 Å². The standard InChI is InChI=1S/C20H25N3O3/c24-18(11-10-15-6-4-12-21-14-15)23-13-5-9-17(23)19(25)20(26)22-16-7-2-1-3-8-16/h4,6,10-12,14,16-17H,1-3,5,7-9,13H2,(H,22,26). The Morgan fingerprint density at radius 2 is 1.92 bits per heavy atom. The second-order valence-corrected chi connectivity index (χ2v) is 6.98. The van der Waals surface area contributed by atoms with Crippen LogP contribution in [0.5, 0.6) is 0 Å². The largest absolute Gasteiger partial charge is 0.347 e. The van der Waals surface area contributed by atoms with Crippen LogP contribution in [0.25, 0.3) is 6.08 Å². The van der Waals surface area contributed by atoms with Gasteiger partial charge < -0.3 is 10.2 Å². The molecule has 1 saturated carbocycles. The summed E-state index contributed by atoms with van der Waals surface area (Å²) in [4.78, 5) is 42.9. The average molecular weight is 355 g/mol. The summed E-state index contributed by atoms with van der Waals surface area (Å²) >= 11 is 0. The fourth-order valence-corrected chi connectivity index (χ4v) is 3.70. The van der Waals surface area contributed by atoms with Gasteiger partial charge in [-0.1, -0.05) is 25.3 Å². The fraction of sp³-hybridized carbons (Fsp3) is 0.500. The van der Waals surface area contributed by atoms with Gasteiger partial charge in [0.25, 0.3) is 5.91 Å². The highest BCUT2D eigenvalue weighted by molar-refractivity contribution is 6.38. The van der Waals surface area contributed by atoms with Gasteiger partial charge >= 0.3 is 0 Å². The predicted molar refractivity (Wildman–Crippen MR) is 98.0 cm³/mol. The first-order valence-electron chi connectivity index (χ1n) is 9.38. The molecule has 0 spiro atoms. The van der Waals surface area contributed by atoms with Crippen molar-refractivity contribution >= 4 is 23.7 Å². The number of rotatable bonds is 5. The summed E-state index contributed by atoms with van der Waals surface area (Å²) in [6.45, 7) is 0.503. The molecule has 1 aliphatic carbocycles. The third-order valence-corrected chi connectivity index (χ3v) is 5.11. The maximum absolute atomic E-state index is 12.6. The Bertz CT molecular complexity index is 681. The molecule has 1 saturated heterocycles. The van der Waals surface area contributed by atoms with Gasteiger partial charge in [-0.05, 0) is 43.4 Å². The number of Topliss-reactive ketones (excluding diaryl/α,β-unsaturated/α-hetero) is 1. The molecule has 0 aromatic carbocycles. The molecule has 0 radical (unpaired) electrons. The van der Waals surface area contributed by atoms with Crippen molar-refractivity contribution in [1.82, 2.24) is 15.2 Å². The van der Waals surface area contributed by atoms with Crippen molar-refractivity contribution in [2.45, 2.75) is 57.0 Å². The molecular formula is C20H25N3O3. The Kier molecular flexibility index (Phi) is 6.15. The van der Waals surface area contributed by atoms with Gasteiger partial charge in [-0.3, -0.25) is 19.4 Å². The molecule has 6 heteroatoms. The zero-order valence-electron chi connectivity index (χ0n) is 14.9. The Balaban J connectivity index is 1.59. The zero-order chi connectivity index (χ0) is 18.4. The summed E-state index contributed by atoms with van der Waals surface area (Å²) in [5, 5.41) is 2.86. The quantitative estimate of drug-likeness (QED) is 0.648. The minimum absolute atomic E-state index is 0.0937. The van der Waals surface area contributed by atoms with E-state index in [1.165, 1.54) is 17.4 Å². The molecule has 1 aromatic rings. The van der Waals surface area contributed by atoms with Crippen LogP contribution in [0.15, 0.2) is 30.6 Å². The highest BCUT2D eigenvalue weighted by Gasteiger charge is 2.37. The molecule has 2 aliphatic rings. The fourth-order valence-electron chi connectivity index (χ4n) is 3.70. The maximum Gasteiger partial charge on any atom is 0.289 e. The number of hydrogen-bond acceptors (Lipinski definition) is 4. The van der Waals surface area contributed by atoms with Crippen LogP contribution in [-0.4, -0.2) is 46.1 Å². The average Bonchev–Trinajstić information content (AvgIpc) is 3.17. The van der Waals surface area contributed by atoms with Crippen molar-refractivity contribution in [3.63, 3.8) is 0 Å². The highest BCUT2D eigenvalue weighted by Crippen LogP contribution is 2.20. The molecule has 138 valence electrons. The van der Waals surface area contributed by atoms with Gasteiger partial charge in [0, 0.05) is 31.1 Å². The van der Waals surface area contributed by atoms with E-state index in [9.17, 15) is 14.4 Å². The van der Waals surface area contributed by atoms with E-state index in [1.54, 1.807) is 24.5 Å². The molecular weight excluding hydrogens is 330 g/mol. The number of carbonyl (C=O) groups is 3. The molecule has 1 N–H and O–H groups in total. The first-order valence-corrected chi connectivity index (χ1v) is 9.38. The van der Waals surface area contributed by atoms with E-state index in [-0.39, 0.29) is 11.9 Å². The van der Waals surface area contributed by atoms with Crippen molar-refractivity contribution in [2.24, 2.45) is 0 Å². The second kappa shape index (κ2) is 8.74. The summed E-state index contributed by atoms with van der Waals surface area (Å²) in [6, 6.07) is 3.09. The normalized spacial score (nSPS) is 21.1. The molecule has 1 aromatic heterocycles. The lowest BCUT2D eigenvalue weighted by Gasteiger charge is -2.25. The van der Waals surface area contributed by atoms with Crippen molar-refractivity contribution in [1.29, 1.82) is 0 Å². The van der Waals surface area contributed by atoms with E-state index in [0.29, 0.717) is 13.0 Å². The maximum atomic E-state index is 12.6. The highest BCUT2D eigenvalue weighted by atomic mass is 16.2. The van der Waals surface area contributed by atoms with Crippen molar-refractivity contribution < 1.29 is 14.4 Å². The van der Waals surface area contributed by atoms with E-state index in [2.05, 4.69) is 10.3 Å². The van der Waals surface area contributed by atoms with E-state index in [1.807, 2.05) is 6.07 Å².